The number of benzene rings is 2. The Morgan fingerprint density at radius 2 is 1.57 bits per heavy atom. The molecule has 0 aliphatic rings. The van der Waals surface area contributed by atoms with Gasteiger partial charge in [0.1, 0.15) is 17.2 Å². The van der Waals surface area contributed by atoms with Crippen LogP contribution in [0.4, 0.5) is 13.2 Å². The smallest absolute Gasteiger partial charge is 0.497 e. The van der Waals surface area contributed by atoms with Crippen LogP contribution in [0.3, 0.4) is 0 Å². The first-order chi connectivity index (χ1) is 14.0. The molecule has 0 unspecified atom stereocenters. The maximum Gasteiger partial charge on any atom is 0.534 e. The fourth-order valence-electron chi connectivity index (χ4n) is 2.86. The van der Waals surface area contributed by atoms with Crippen molar-refractivity contribution in [1.82, 2.24) is 4.57 Å². The van der Waals surface area contributed by atoms with Crippen LogP contribution in [-0.2, 0) is 17.2 Å². The Bertz CT molecular complexity index is 1260. The van der Waals surface area contributed by atoms with Gasteiger partial charge in [0.2, 0.25) is 0 Å². The summed E-state index contributed by atoms with van der Waals surface area (Å²) in [6.07, 6.45) is 0. The van der Waals surface area contributed by atoms with Gasteiger partial charge in [-0.2, -0.15) is 21.6 Å². The molecule has 0 aliphatic heterocycles. The highest BCUT2D eigenvalue weighted by molar-refractivity contribution is 7.88. The zero-order valence-electron chi connectivity index (χ0n) is 16.0. The number of methoxy groups -OCH3 is 2. The van der Waals surface area contributed by atoms with Gasteiger partial charge in [0.25, 0.3) is 5.56 Å². The van der Waals surface area contributed by atoms with E-state index in [0.29, 0.717) is 28.0 Å². The molecule has 7 nitrogen and oxygen atoms in total. The van der Waals surface area contributed by atoms with Gasteiger partial charge in [-0.3, -0.25) is 4.79 Å². The summed E-state index contributed by atoms with van der Waals surface area (Å²) in [5.41, 5.74) is -4.78. The molecule has 11 heteroatoms. The predicted molar refractivity (Wildman–Crippen MR) is 103 cm³/mol. The number of hydrogen-bond acceptors (Lipinski definition) is 6. The third kappa shape index (κ3) is 3.80. The van der Waals surface area contributed by atoms with E-state index < -0.39 is 21.4 Å². The summed E-state index contributed by atoms with van der Waals surface area (Å²) in [6, 6.07) is 9.55. The minimum Gasteiger partial charge on any atom is -0.497 e. The number of fused-ring (bicyclic) bond motifs is 1. The Balaban J connectivity index is 2.09. The minimum atomic E-state index is -5.78. The highest BCUT2D eigenvalue weighted by Crippen LogP contribution is 2.33. The van der Waals surface area contributed by atoms with Crippen molar-refractivity contribution in [3.05, 3.63) is 52.8 Å². The molecule has 0 fully saturated rings. The normalized spacial score (nSPS) is 12.1. The summed E-state index contributed by atoms with van der Waals surface area (Å²) in [5.74, 6) is 0.419. The van der Waals surface area contributed by atoms with Crippen molar-refractivity contribution in [2.75, 3.05) is 14.2 Å². The Morgan fingerprint density at radius 3 is 2.10 bits per heavy atom. The van der Waals surface area contributed by atoms with Gasteiger partial charge in [-0.1, -0.05) is 12.1 Å². The predicted octanol–water partition coefficient (Wildman–Crippen LogP) is 3.45. The lowest BCUT2D eigenvalue weighted by molar-refractivity contribution is -0.0500. The van der Waals surface area contributed by atoms with Crippen molar-refractivity contribution >= 4 is 21.0 Å². The van der Waals surface area contributed by atoms with Crippen molar-refractivity contribution in [3.8, 4) is 28.4 Å². The second-order valence-electron chi connectivity index (χ2n) is 6.19. The maximum atomic E-state index is 12.8. The molecule has 0 bridgehead atoms. The Hall–Kier alpha value is -3.21. The van der Waals surface area contributed by atoms with Crippen molar-refractivity contribution in [2.45, 2.75) is 5.51 Å². The molecule has 3 rings (SSSR count). The molecule has 0 aliphatic carbocycles. The van der Waals surface area contributed by atoms with Gasteiger partial charge in [-0.05, 0) is 23.8 Å². The van der Waals surface area contributed by atoms with Crippen molar-refractivity contribution in [2.24, 2.45) is 7.05 Å². The van der Waals surface area contributed by atoms with Crippen LogP contribution >= 0.6 is 0 Å². The molecule has 0 N–H and O–H groups in total. The number of pyridine rings is 1. The van der Waals surface area contributed by atoms with E-state index >= 15 is 0 Å². The molecule has 2 aromatic carbocycles. The van der Waals surface area contributed by atoms with Gasteiger partial charge < -0.3 is 18.2 Å². The highest BCUT2D eigenvalue weighted by Gasteiger charge is 2.48. The van der Waals surface area contributed by atoms with Crippen LogP contribution in [0.2, 0.25) is 0 Å². The lowest BCUT2D eigenvalue weighted by Gasteiger charge is -2.14. The summed E-state index contributed by atoms with van der Waals surface area (Å²) < 4.78 is 75.7. The van der Waals surface area contributed by atoms with Crippen LogP contribution in [0, 0.1) is 0 Å². The molecule has 0 atom stereocenters. The van der Waals surface area contributed by atoms with Crippen LogP contribution in [0.15, 0.2) is 47.3 Å². The van der Waals surface area contributed by atoms with Crippen LogP contribution < -0.4 is 19.2 Å². The quantitative estimate of drug-likeness (QED) is 0.444. The third-order valence-electron chi connectivity index (χ3n) is 4.39. The number of alkyl halides is 3. The number of halogens is 3. The molecule has 0 amide bonds. The van der Waals surface area contributed by atoms with Crippen LogP contribution in [0.1, 0.15) is 0 Å². The van der Waals surface area contributed by atoms with E-state index in [4.69, 9.17) is 9.47 Å². The molecule has 0 spiro atoms. The maximum absolute atomic E-state index is 12.8. The van der Waals surface area contributed by atoms with Gasteiger partial charge >= 0.3 is 15.6 Å². The first-order valence-corrected chi connectivity index (χ1v) is 9.76. The van der Waals surface area contributed by atoms with E-state index in [2.05, 4.69) is 4.18 Å². The highest BCUT2D eigenvalue weighted by atomic mass is 32.2. The third-order valence-corrected chi connectivity index (χ3v) is 5.37. The zero-order valence-corrected chi connectivity index (χ0v) is 16.8. The Kier molecular flexibility index (Phi) is 5.42. The fourth-order valence-corrected chi connectivity index (χ4v) is 3.32. The monoisotopic (exact) mass is 443 g/mol. The first-order valence-electron chi connectivity index (χ1n) is 8.35. The van der Waals surface area contributed by atoms with E-state index in [0.717, 1.165) is 12.1 Å². The molecule has 30 heavy (non-hydrogen) atoms. The average molecular weight is 443 g/mol. The molecular weight excluding hydrogens is 427 g/mol. The summed E-state index contributed by atoms with van der Waals surface area (Å²) >= 11 is 0. The summed E-state index contributed by atoms with van der Waals surface area (Å²) in [5, 5.41) is 0.607. The van der Waals surface area contributed by atoms with Crippen molar-refractivity contribution in [1.29, 1.82) is 0 Å². The number of hydrogen-bond donors (Lipinski definition) is 0. The molecule has 0 radical (unpaired) electrons. The minimum absolute atomic E-state index is 0.235. The number of aromatic nitrogens is 1. The van der Waals surface area contributed by atoms with Gasteiger partial charge in [0.05, 0.1) is 19.7 Å². The summed E-state index contributed by atoms with van der Waals surface area (Å²) in [6.45, 7) is 0. The van der Waals surface area contributed by atoms with E-state index in [-0.39, 0.29) is 11.1 Å². The Morgan fingerprint density at radius 1 is 0.933 bits per heavy atom. The lowest BCUT2D eigenvalue weighted by Crippen LogP contribution is -2.28. The summed E-state index contributed by atoms with van der Waals surface area (Å²) in [7, 11) is -1.28. The molecule has 0 saturated heterocycles. The Labute approximate surface area is 169 Å². The van der Waals surface area contributed by atoms with Crippen molar-refractivity contribution in [3.63, 3.8) is 0 Å². The van der Waals surface area contributed by atoms with E-state index in [1.165, 1.54) is 30.9 Å². The molecular formula is C19H16F3NO6S. The number of aryl methyl sites for hydroxylation is 1. The SMILES string of the molecule is COc1cc(OC)c2cc(-c3ccc(OS(=O)(=O)C(F)(F)F)cc3)c(=O)n(C)c2c1. The zero-order chi connectivity index (χ0) is 22.3. The fraction of sp³-hybridized carbons (Fsp3) is 0.211. The van der Waals surface area contributed by atoms with Gasteiger partial charge in [0, 0.05) is 30.1 Å². The van der Waals surface area contributed by atoms with Crippen LogP contribution in [0.25, 0.3) is 22.0 Å². The first kappa shape index (κ1) is 21.5. The number of nitrogens with zero attached hydrogens (tertiary/aromatic N) is 1. The second kappa shape index (κ2) is 7.56. The topological polar surface area (TPSA) is 83.8 Å². The number of rotatable bonds is 5. The molecule has 1 heterocycles. The standard InChI is InChI=1S/C19H16F3NO6S/c1-23-16-8-13(27-2)9-17(28-3)15(16)10-14(18(23)24)11-4-6-12(7-5-11)29-30(25,26)19(20,21)22/h4-10H,1-3H3. The van der Waals surface area contributed by atoms with Gasteiger partial charge in [-0.15, -0.1) is 0 Å². The van der Waals surface area contributed by atoms with Crippen LogP contribution in [0.5, 0.6) is 17.2 Å². The van der Waals surface area contributed by atoms with E-state index in [1.807, 2.05) is 0 Å². The van der Waals surface area contributed by atoms with Crippen molar-refractivity contribution < 1.29 is 35.2 Å². The summed E-state index contributed by atoms with van der Waals surface area (Å²) in [4.78, 5) is 12.8. The van der Waals surface area contributed by atoms with E-state index in [1.54, 1.807) is 25.2 Å². The lowest BCUT2D eigenvalue weighted by atomic mass is 10.0. The van der Waals surface area contributed by atoms with E-state index in [9.17, 15) is 26.4 Å². The molecule has 160 valence electrons. The largest absolute Gasteiger partial charge is 0.534 e. The average Bonchev–Trinajstić information content (AvgIpc) is 2.69. The molecule has 0 saturated carbocycles. The van der Waals surface area contributed by atoms with Gasteiger partial charge in [0.15, 0.2) is 0 Å². The van der Waals surface area contributed by atoms with Crippen LogP contribution in [-0.4, -0.2) is 32.7 Å². The molecule has 1 aromatic heterocycles. The second-order valence-corrected chi connectivity index (χ2v) is 7.73. The number of ether oxygens (including phenoxy) is 2. The van der Waals surface area contributed by atoms with Gasteiger partial charge in [-0.25, -0.2) is 0 Å². The molecule has 3 aromatic rings.